The molecule has 14 heavy (non-hydrogen) atoms. The molecule has 0 aliphatic rings. The summed E-state index contributed by atoms with van der Waals surface area (Å²) in [5.41, 5.74) is 2.20. The summed E-state index contributed by atoms with van der Waals surface area (Å²) in [6.07, 6.45) is 3.38. The number of benzene rings is 1. The van der Waals surface area contributed by atoms with E-state index >= 15 is 0 Å². The molecule has 0 aliphatic carbocycles. The zero-order valence-corrected chi connectivity index (χ0v) is 9.38. The fraction of sp³-hybridized carbons (Fsp3) is 0.538. The number of phenolic OH excluding ortho intramolecular Hbond substituents is 1. The van der Waals surface area contributed by atoms with Gasteiger partial charge in [0.1, 0.15) is 5.75 Å². The Morgan fingerprint density at radius 2 is 2.00 bits per heavy atom. The predicted molar refractivity (Wildman–Crippen MR) is 60.6 cm³/mol. The molecule has 1 heteroatoms. The largest absolute Gasteiger partial charge is 0.508 e. The first-order chi connectivity index (χ1) is 6.59. The van der Waals surface area contributed by atoms with Crippen molar-refractivity contribution in [3.05, 3.63) is 29.3 Å². The Bertz CT molecular complexity index is 289. The second-order valence-corrected chi connectivity index (χ2v) is 4.42. The van der Waals surface area contributed by atoms with Crippen LogP contribution in [0, 0.1) is 12.8 Å². The third-order valence-electron chi connectivity index (χ3n) is 2.47. The Morgan fingerprint density at radius 3 is 2.57 bits per heavy atom. The molecule has 1 rings (SSSR count). The van der Waals surface area contributed by atoms with E-state index in [1.807, 2.05) is 19.1 Å². The molecular formula is C13H20O. The Morgan fingerprint density at radius 1 is 1.29 bits per heavy atom. The first-order valence-corrected chi connectivity index (χ1v) is 5.38. The van der Waals surface area contributed by atoms with Gasteiger partial charge in [-0.05, 0) is 42.9 Å². The second-order valence-electron chi connectivity index (χ2n) is 4.42. The van der Waals surface area contributed by atoms with Crippen molar-refractivity contribution in [3.8, 4) is 5.75 Å². The molecule has 1 aromatic carbocycles. The van der Waals surface area contributed by atoms with Crippen LogP contribution in [0.4, 0.5) is 0 Å². The molecule has 0 bridgehead atoms. The number of aromatic hydroxyl groups is 1. The van der Waals surface area contributed by atoms with Crippen LogP contribution in [-0.4, -0.2) is 5.11 Å². The summed E-state index contributed by atoms with van der Waals surface area (Å²) in [6.45, 7) is 6.46. The molecule has 0 amide bonds. The SMILES string of the molecule is Cc1ccc(CCCC(C)C)c(O)c1. The number of hydrogen-bond donors (Lipinski definition) is 1. The van der Waals surface area contributed by atoms with Gasteiger partial charge in [-0.1, -0.05) is 32.4 Å². The van der Waals surface area contributed by atoms with Crippen LogP contribution in [0.2, 0.25) is 0 Å². The van der Waals surface area contributed by atoms with Gasteiger partial charge in [-0.2, -0.15) is 0 Å². The molecule has 0 heterocycles. The molecular weight excluding hydrogens is 172 g/mol. The van der Waals surface area contributed by atoms with Crippen LogP contribution in [0.5, 0.6) is 5.75 Å². The van der Waals surface area contributed by atoms with Crippen LogP contribution in [0.3, 0.4) is 0 Å². The van der Waals surface area contributed by atoms with E-state index in [1.54, 1.807) is 0 Å². The number of hydrogen-bond acceptors (Lipinski definition) is 1. The van der Waals surface area contributed by atoms with Gasteiger partial charge in [-0.25, -0.2) is 0 Å². The average molecular weight is 192 g/mol. The first-order valence-electron chi connectivity index (χ1n) is 5.38. The third-order valence-corrected chi connectivity index (χ3v) is 2.47. The fourth-order valence-corrected chi connectivity index (χ4v) is 1.59. The van der Waals surface area contributed by atoms with Crippen molar-refractivity contribution in [1.29, 1.82) is 0 Å². The fourth-order valence-electron chi connectivity index (χ4n) is 1.59. The van der Waals surface area contributed by atoms with Gasteiger partial charge in [0.25, 0.3) is 0 Å². The smallest absolute Gasteiger partial charge is 0.119 e. The highest BCUT2D eigenvalue weighted by Crippen LogP contribution is 2.21. The van der Waals surface area contributed by atoms with Gasteiger partial charge < -0.3 is 5.11 Å². The highest BCUT2D eigenvalue weighted by Gasteiger charge is 2.01. The van der Waals surface area contributed by atoms with Gasteiger partial charge in [-0.3, -0.25) is 0 Å². The maximum atomic E-state index is 9.66. The molecule has 0 saturated carbocycles. The van der Waals surface area contributed by atoms with Crippen molar-refractivity contribution in [2.24, 2.45) is 5.92 Å². The van der Waals surface area contributed by atoms with Gasteiger partial charge in [0.05, 0.1) is 0 Å². The summed E-state index contributed by atoms with van der Waals surface area (Å²) >= 11 is 0. The van der Waals surface area contributed by atoms with Crippen LogP contribution >= 0.6 is 0 Å². The second kappa shape index (κ2) is 5.04. The van der Waals surface area contributed by atoms with E-state index in [0.29, 0.717) is 5.75 Å². The summed E-state index contributed by atoms with van der Waals surface area (Å²) in [7, 11) is 0. The highest BCUT2D eigenvalue weighted by molar-refractivity contribution is 5.35. The normalized spacial score (nSPS) is 10.9. The molecule has 1 aromatic rings. The molecule has 0 unspecified atom stereocenters. The maximum Gasteiger partial charge on any atom is 0.119 e. The van der Waals surface area contributed by atoms with Crippen molar-refractivity contribution in [2.75, 3.05) is 0 Å². The van der Waals surface area contributed by atoms with E-state index in [1.165, 1.54) is 6.42 Å². The molecule has 0 saturated heterocycles. The van der Waals surface area contributed by atoms with Crippen molar-refractivity contribution < 1.29 is 5.11 Å². The lowest BCUT2D eigenvalue weighted by atomic mass is 10.0. The van der Waals surface area contributed by atoms with Crippen molar-refractivity contribution in [3.63, 3.8) is 0 Å². The topological polar surface area (TPSA) is 20.2 Å². The molecule has 0 spiro atoms. The molecule has 78 valence electrons. The minimum Gasteiger partial charge on any atom is -0.508 e. The van der Waals surface area contributed by atoms with E-state index in [4.69, 9.17) is 0 Å². The third kappa shape index (κ3) is 3.41. The molecule has 0 radical (unpaired) electrons. The highest BCUT2D eigenvalue weighted by atomic mass is 16.3. The lowest BCUT2D eigenvalue weighted by Gasteiger charge is -2.07. The van der Waals surface area contributed by atoms with Crippen LogP contribution in [0.15, 0.2) is 18.2 Å². The lowest BCUT2D eigenvalue weighted by Crippen LogP contribution is -1.91. The summed E-state index contributed by atoms with van der Waals surface area (Å²) in [6, 6.07) is 5.93. The van der Waals surface area contributed by atoms with Crippen molar-refractivity contribution in [2.45, 2.75) is 40.0 Å². The summed E-state index contributed by atoms with van der Waals surface area (Å²) in [5, 5.41) is 9.66. The molecule has 1 N–H and O–H groups in total. The van der Waals surface area contributed by atoms with Crippen molar-refractivity contribution in [1.82, 2.24) is 0 Å². The van der Waals surface area contributed by atoms with E-state index < -0.39 is 0 Å². The molecule has 0 fully saturated rings. The number of aryl methyl sites for hydroxylation is 2. The average Bonchev–Trinajstić information content (AvgIpc) is 2.08. The van der Waals surface area contributed by atoms with Crippen LogP contribution in [0.25, 0.3) is 0 Å². The van der Waals surface area contributed by atoms with Gasteiger partial charge >= 0.3 is 0 Å². The Balaban J connectivity index is 2.51. The monoisotopic (exact) mass is 192 g/mol. The summed E-state index contributed by atoms with van der Waals surface area (Å²) in [5.74, 6) is 1.20. The Labute approximate surface area is 86.8 Å². The Kier molecular flexibility index (Phi) is 3.99. The Hall–Kier alpha value is -0.980. The van der Waals surface area contributed by atoms with Crippen LogP contribution < -0.4 is 0 Å². The number of rotatable bonds is 4. The van der Waals surface area contributed by atoms with Gasteiger partial charge in [-0.15, -0.1) is 0 Å². The summed E-state index contributed by atoms with van der Waals surface area (Å²) < 4.78 is 0. The molecule has 0 atom stereocenters. The molecule has 1 nitrogen and oxygen atoms in total. The first kappa shape index (κ1) is 11.1. The van der Waals surface area contributed by atoms with Crippen molar-refractivity contribution >= 4 is 0 Å². The predicted octanol–water partition coefficient (Wildman–Crippen LogP) is 3.68. The van der Waals surface area contributed by atoms with E-state index in [2.05, 4.69) is 19.9 Å². The van der Waals surface area contributed by atoms with Crippen LogP contribution in [0.1, 0.15) is 37.8 Å². The molecule has 0 aliphatic heterocycles. The van der Waals surface area contributed by atoms with Gasteiger partial charge in [0.2, 0.25) is 0 Å². The zero-order valence-electron chi connectivity index (χ0n) is 9.38. The minimum atomic E-state index is 0.453. The lowest BCUT2D eigenvalue weighted by molar-refractivity contribution is 0.463. The summed E-state index contributed by atoms with van der Waals surface area (Å²) in [4.78, 5) is 0. The number of phenols is 1. The molecule has 0 aromatic heterocycles. The van der Waals surface area contributed by atoms with E-state index in [0.717, 1.165) is 29.9 Å². The quantitative estimate of drug-likeness (QED) is 0.771. The minimum absolute atomic E-state index is 0.453. The standard InChI is InChI=1S/C13H20O/c1-10(2)5-4-6-12-8-7-11(3)9-13(12)14/h7-10,14H,4-6H2,1-3H3. The van der Waals surface area contributed by atoms with E-state index in [-0.39, 0.29) is 0 Å². The van der Waals surface area contributed by atoms with E-state index in [9.17, 15) is 5.11 Å². The maximum absolute atomic E-state index is 9.66. The van der Waals surface area contributed by atoms with Gasteiger partial charge in [0.15, 0.2) is 0 Å². The zero-order chi connectivity index (χ0) is 10.6. The van der Waals surface area contributed by atoms with Crippen LogP contribution in [-0.2, 0) is 6.42 Å². The van der Waals surface area contributed by atoms with Gasteiger partial charge in [0, 0.05) is 0 Å².